The van der Waals surface area contributed by atoms with Gasteiger partial charge in [0.15, 0.2) is 12.2 Å². The molecule has 1 fully saturated rings. The number of rotatable bonds is 10. The Morgan fingerprint density at radius 1 is 1.19 bits per heavy atom. The first-order chi connectivity index (χ1) is 15.1. The molecule has 6 N–H and O–H groups in total. The number of piperidine rings is 1. The van der Waals surface area contributed by atoms with Gasteiger partial charge in [0.2, 0.25) is 11.8 Å². The molecule has 12 heteroatoms. The number of hydrogen-bond donors (Lipinski definition) is 5. The van der Waals surface area contributed by atoms with E-state index in [2.05, 4.69) is 5.32 Å². The van der Waals surface area contributed by atoms with E-state index >= 15 is 0 Å². The van der Waals surface area contributed by atoms with Crippen molar-refractivity contribution in [2.75, 3.05) is 13.1 Å². The molecular weight excluding hydrogens is 445 g/mol. The minimum atomic E-state index is -2.33. The molecular formula is C20H26FN3O7S. The van der Waals surface area contributed by atoms with Crippen LogP contribution in [0.15, 0.2) is 24.3 Å². The maximum absolute atomic E-state index is 13.1. The molecule has 0 aromatic heterocycles. The van der Waals surface area contributed by atoms with Crippen LogP contribution in [-0.2, 0) is 24.9 Å². The van der Waals surface area contributed by atoms with Gasteiger partial charge in [0.05, 0.1) is 0 Å². The van der Waals surface area contributed by atoms with E-state index in [4.69, 9.17) is 10.8 Å². The van der Waals surface area contributed by atoms with Gasteiger partial charge in [-0.15, -0.1) is 0 Å². The zero-order chi connectivity index (χ0) is 23.8. The first-order valence-electron chi connectivity index (χ1n) is 9.91. The number of nitrogens with one attached hydrogen (secondary N) is 1. The number of halogens is 1. The summed E-state index contributed by atoms with van der Waals surface area (Å²) < 4.78 is 13.1. The van der Waals surface area contributed by atoms with Crippen molar-refractivity contribution < 1.29 is 38.9 Å². The number of primary amides is 1. The van der Waals surface area contributed by atoms with Gasteiger partial charge < -0.3 is 31.3 Å². The van der Waals surface area contributed by atoms with Crippen LogP contribution in [0.2, 0.25) is 0 Å². The minimum absolute atomic E-state index is 0.0413. The van der Waals surface area contributed by atoms with Gasteiger partial charge in [-0.25, -0.2) is 9.18 Å². The van der Waals surface area contributed by atoms with Crippen molar-refractivity contribution in [2.45, 2.75) is 48.5 Å². The van der Waals surface area contributed by atoms with E-state index in [9.17, 15) is 33.8 Å². The molecule has 2 rings (SSSR count). The Labute approximate surface area is 188 Å². The van der Waals surface area contributed by atoms with Crippen molar-refractivity contribution in [3.05, 3.63) is 35.6 Å². The summed E-state index contributed by atoms with van der Waals surface area (Å²) in [5.41, 5.74) is 5.95. The second kappa shape index (κ2) is 11.8. The zero-order valence-corrected chi connectivity index (χ0v) is 18.0. The Hall–Kier alpha value is -2.70. The van der Waals surface area contributed by atoms with Crippen LogP contribution in [0.5, 0.6) is 0 Å². The van der Waals surface area contributed by atoms with Crippen molar-refractivity contribution in [3.8, 4) is 0 Å². The molecule has 1 saturated heterocycles. The fourth-order valence-electron chi connectivity index (χ4n) is 3.26. The molecule has 4 unspecified atom stereocenters. The molecule has 0 aliphatic carbocycles. The first kappa shape index (κ1) is 25.6. The first-order valence-corrected chi connectivity index (χ1v) is 11.0. The number of carbonyl (C=O) groups excluding carboxylic acids is 3. The van der Waals surface area contributed by atoms with Gasteiger partial charge in [-0.1, -0.05) is 12.1 Å². The van der Waals surface area contributed by atoms with Crippen LogP contribution >= 0.6 is 11.8 Å². The van der Waals surface area contributed by atoms with Crippen LogP contribution < -0.4 is 11.1 Å². The Kier molecular flexibility index (Phi) is 9.42. The monoisotopic (exact) mass is 471 g/mol. The normalized spacial score (nSPS) is 20.3. The average molecular weight is 472 g/mol. The summed E-state index contributed by atoms with van der Waals surface area (Å²) in [6.07, 6.45) is -3.99. The van der Waals surface area contributed by atoms with Crippen LogP contribution in [0, 0.1) is 5.82 Å². The molecule has 0 saturated carbocycles. The zero-order valence-electron chi connectivity index (χ0n) is 17.1. The maximum Gasteiger partial charge on any atom is 0.335 e. The topological polar surface area (TPSA) is 170 Å². The van der Waals surface area contributed by atoms with Crippen molar-refractivity contribution in [1.29, 1.82) is 0 Å². The molecule has 1 aromatic carbocycles. The van der Waals surface area contributed by atoms with Crippen molar-refractivity contribution in [3.63, 3.8) is 0 Å². The second-order valence-electron chi connectivity index (χ2n) is 7.37. The molecule has 1 aliphatic rings. The highest BCUT2D eigenvalue weighted by molar-refractivity contribution is 7.99. The molecule has 1 aromatic rings. The SMILES string of the molecule is NC(=O)CCNC(=O)C1CC(SCc2ccc(F)cc2)CCN1C(=O)C(O)C(O)C(=O)O. The number of benzene rings is 1. The van der Waals surface area contributed by atoms with E-state index in [0.717, 1.165) is 10.5 Å². The van der Waals surface area contributed by atoms with Gasteiger partial charge in [0.25, 0.3) is 5.91 Å². The van der Waals surface area contributed by atoms with E-state index in [0.29, 0.717) is 12.2 Å². The van der Waals surface area contributed by atoms with Gasteiger partial charge in [0.1, 0.15) is 11.9 Å². The highest BCUT2D eigenvalue weighted by atomic mass is 32.2. The average Bonchev–Trinajstić information content (AvgIpc) is 2.76. The molecule has 3 amide bonds. The Bertz CT molecular complexity index is 839. The van der Waals surface area contributed by atoms with Gasteiger partial charge >= 0.3 is 5.97 Å². The number of hydrogen-bond acceptors (Lipinski definition) is 7. The molecule has 0 radical (unpaired) electrons. The Morgan fingerprint density at radius 2 is 1.84 bits per heavy atom. The van der Waals surface area contributed by atoms with E-state index < -0.39 is 41.9 Å². The van der Waals surface area contributed by atoms with Gasteiger partial charge in [-0.2, -0.15) is 11.8 Å². The lowest BCUT2D eigenvalue weighted by molar-refractivity contribution is -0.164. The lowest BCUT2D eigenvalue weighted by Gasteiger charge is -2.39. The van der Waals surface area contributed by atoms with Gasteiger partial charge in [-0.3, -0.25) is 14.4 Å². The highest BCUT2D eigenvalue weighted by Crippen LogP contribution is 2.30. The third-order valence-corrected chi connectivity index (χ3v) is 6.41. The van der Waals surface area contributed by atoms with E-state index in [1.165, 1.54) is 23.9 Å². The molecule has 1 aliphatic heterocycles. The van der Waals surface area contributed by atoms with Crippen LogP contribution in [-0.4, -0.2) is 80.5 Å². The maximum atomic E-state index is 13.1. The molecule has 32 heavy (non-hydrogen) atoms. The van der Waals surface area contributed by atoms with Gasteiger partial charge in [-0.05, 0) is 30.5 Å². The summed E-state index contributed by atoms with van der Waals surface area (Å²) in [7, 11) is 0. The quantitative estimate of drug-likeness (QED) is 0.296. The summed E-state index contributed by atoms with van der Waals surface area (Å²) in [5.74, 6) is -3.83. The summed E-state index contributed by atoms with van der Waals surface area (Å²) in [5, 5.41) is 30.8. The lowest BCUT2D eigenvalue weighted by Crippen LogP contribution is -2.58. The predicted octanol–water partition coefficient (Wildman–Crippen LogP) is -0.783. The Balaban J connectivity index is 2.08. The Morgan fingerprint density at radius 3 is 2.44 bits per heavy atom. The summed E-state index contributed by atoms with van der Waals surface area (Å²) in [6, 6.07) is 4.96. The number of nitrogens with zero attached hydrogens (tertiary/aromatic N) is 1. The molecule has 0 spiro atoms. The van der Waals surface area contributed by atoms with Crippen LogP contribution in [0.3, 0.4) is 0 Å². The number of aliphatic hydroxyl groups is 2. The van der Waals surface area contributed by atoms with Gasteiger partial charge in [0, 0.05) is 30.5 Å². The molecule has 1 heterocycles. The van der Waals surface area contributed by atoms with E-state index in [1.807, 2.05) is 0 Å². The van der Waals surface area contributed by atoms with Crippen LogP contribution in [0.25, 0.3) is 0 Å². The van der Waals surface area contributed by atoms with Crippen LogP contribution in [0.4, 0.5) is 4.39 Å². The van der Waals surface area contributed by atoms with Crippen molar-refractivity contribution in [1.82, 2.24) is 10.2 Å². The van der Waals surface area contributed by atoms with E-state index in [1.54, 1.807) is 12.1 Å². The number of amides is 3. The third-order valence-electron chi connectivity index (χ3n) is 5.01. The largest absolute Gasteiger partial charge is 0.479 e. The molecule has 10 nitrogen and oxygen atoms in total. The fourth-order valence-corrected chi connectivity index (χ4v) is 4.47. The van der Waals surface area contributed by atoms with Crippen molar-refractivity contribution >= 4 is 35.5 Å². The summed E-state index contributed by atoms with van der Waals surface area (Å²) >= 11 is 1.52. The number of thioether (sulfide) groups is 1. The third kappa shape index (κ3) is 7.18. The molecule has 0 bridgehead atoms. The number of aliphatic carboxylic acids is 1. The number of likely N-dealkylation sites (tertiary alicyclic amines) is 1. The number of carbonyl (C=O) groups is 4. The standard InChI is InChI=1S/C20H26FN3O7S/c21-12-3-1-11(2-4-12)10-32-13-6-8-24(19(29)16(26)17(27)20(30)31)14(9-13)18(28)23-7-5-15(22)25/h1-4,13-14,16-17,26-27H,5-10H2,(H2,22,25)(H,23,28)(H,30,31). The number of nitrogens with two attached hydrogens (primary N) is 1. The summed E-state index contributed by atoms with van der Waals surface area (Å²) in [6.45, 7) is 0.0115. The lowest BCUT2D eigenvalue weighted by atomic mass is 9.99. The predicted molar refractivity (Wildman–Crippen MR) is 113 cm³/mol. The van der Waals surface area contributed by atoms with E-state index in [-0.39, 0.29) is 37.0 Å². The minimum Gasteiger partial charge on any atom is -0.479 e. The highest BCUT2D eigenvalue weighted by Gasteiger charge is 2.41. The molecule has 176 valence electrons. The number of carboxylic acid groups (broad SMARTS) is 1. The fraction of sp³-hybridized carbons (Fsp3) is 0.500. The van der Waals surface area contributed by atoms with Crippen molar-refractivity contribution in [2.24, 2.45) is 5.73 Å². The molecule has 4 atom stereocenters. The number of carboxylic acids is 1. The number of aliphatic hydroxyl groups excluding tert-OH is 2. The second-order valence-corrected chi connectivity index (χ2v) is 8.66. The van der Waals surface area contributed by atoms with Crippen LogP contribution in [0.1, 0.15) is 24.8 Å². The summed E-state index contributed by atoms with van der Waals surface area (Å²) in [4.78, 5) is 48.2. The smallest absolute Gasteiger partial charge is 0.335 e.